The molecule has 5 heterocycles. The Morgan fingerprint density at radius 3 is 2.09 bits per heavy atom. The number of ether oxygens (including phenoxy) is 1. The van der Waals surface area contributed by atoms with Crippen molar-refractivity contribution in [2.45, 2.75) is 19.1 Å². The summed E-state index contributed by atoms with van der Waals surface area (Å²) in [6.07, 6.45) is 1.48. The van der Waals surface area contributed by atoms with E-state index in [0.717, 1.165) is 44.9 Å². The fraction of sp³-hybridized carbons (Fsp3) is 0.114. The zero-order valence-corrected chi connectivity index (χ0v) is 24.0. The molecule has 9 heteroatoms. The van der Waals surface area contributed by atoms with Crippen molar-refractivity contribution in [2.75, 3.05) is 12.4 Å². The van der Waals surface area contributed by atoms with Gasteiger partial charge in [-0.2, -0.15) is 0 Å². The van der Waals surface area contributed by atoms with E-state index in [1.54, 1.807) is 25.3 Å². The molecule has 2 aliphatic rings. The van der Waals surface area contributed by atoms with Crippen molar-refractivity contribution in [1.82, 2.24) is 19.9 Å². The number of fused-ring (bicyclic) bond motifs is 8. The van der Waals surface area contributed by atoms with Crippen LogP contribution >= 0.6 is 0 Å². The van der Waals surface area contributed by atoms with Crippen LogP contribution in [0.15, 0.2) is 84.9 Å². The highest BCUT2D eigenvalue weighted by atomic mass is 16.5. The van der Waals surface area contributed by atoms with Gasteiger partial charge < -0.3 is 30.2 Å². The molecule has 0 saturated carbocycles. The van der Waals surface area contributed by atoms with Crippen LogP contribution < -0.4 is 10.1 Å². The van der Waals surface area contributed by atoms with Crippen molar-refractivity contribution in [3.8, 4) is 28.0 Å². The summed E-state index contributed by atoms with van der Waals surface area (Å²) >= 11 is 0. The zero-order valence-electron chi connectivity index (χ0n) is 24.0. The number of nitrogens with one attached hydrogen (secondary N) is 3. The number of aromatic nitrogens is 4. The number of nitrogens with zero attached hydrogens (tertiary/aromatic N) is 2. The predicted molar refractivity (Wildman–Crippen MR) is 172 cm³/mol. The van der Waals surface area contributed by atoms with Crippen molar-refractivity contribution in [1.29, 1.82) is 0 Å². The van der Waals surface area contributed by atoms with E-state index < -0.39 is 12.2 Å². The van der Waals surface area contributed by atoms with E-state index in [1.807, 2.05) is 78.9 Å². The number of rotatable bonds is 4. The third-order valence-electron chi connectivity index (χ3n) is 7.74. The van der Waals surface area contributed by atoms with Crippen LogP contribution in [0.2, 0.25) is 0 Å². The van der Waals surface area contributed by atoms with Gasteiger partial charge in [-0.15, -0.1) is 0 Å². The summed E-state index contributed by atoms with van der Waals surface area (Å²) in [6, 6.07) is 26.5. The number of amides is 1. The zero-order chi connectivity index (χ0) is 30.4. The molecule has 0 saturated heterocycles. The lowest BCUT2D eigenvalue weighted by atomic mass is 9.99. The number of methoxy groups -OCH3 is 1. The SMILES string of the molecule is COc1ccc(-c2c3nc(cc4ccc([nH]4)c(-c4ccc(NC(C)=O)cc4)c4nc(cc5ccc2[nH]5)C(O)C4O)C=C3)cc1. The third-order valence-corrected chi connectivity index (χ3v) is 7.74. The van der Waals surface area contributed by atoms with Crippen LogP contribution in [0.1, 0.15) is 41.9 Å². The van der Waals surface area contributed by atoms with Gasteiger partial charge >= 0.3 is 0 Å². The van der Waals surface area contributed by atoms with Crippen molar-refractivity contribution in [2.24, 2.45) is 0 Å². The Morgan fingerprint density at radius 1 is 0.773 bits per heavy atom. The number of benzene rings is 2. The average Bonchev–Trinajstić information content (AvgIpc) is 3.82. The molecule has 0 spiro atoms. The van der Waals surface area contributed by atoms with Crippen molar-refractivity contribution in [3.63, 3.8) is 0 Å². The van der Waals surface area contributed by atoms with Crippen LogP contribution in [0.3, 0.4) is 0 Å². The number of hydrogen-bond donors (Lipinski definition) is 5. The highest BCUT2D eigenvalue weighted by molar-refractivity contribution is 5.92. The summed E-state index contributed by atoms with van der Waals surface area (Å²) in [6.45, 7) is 1.45. The molecular formula is C35H29N5O4. The van der Waals surface area contributed by atoms with Gasteiger partial charge in [0.15, 0.2) is 0 Å². The number of aromatic amines is 2. The number of hydrogen-bond acceptors (Lipinski definition) is 6. The van der Waals surface area contributed by atoms with Gasteiger partial charge in [-0.25, -0.2) is 4.98 Å². The highest BCUT2D eigenvalue weighted by Crippen LogP contribution is 2.40. The minimum Gasteiger partial charge on any atom is -0.497 e. The van der Waals surface area contributed by atoms with E-state index in [4.69, 9.17) is 14.7 Å². The second-order valence-electron chi connectivity index (χ2n) is 10.7. The molecule has 0 aliphatic carbocycles. The summed E-state index contributed by atoms with van der Waals surface area (Å²) in [5.41, 5.74) is 9.22. The van der Waals surface area contributed by atoms with Crippen molar-refractivity contribution < 1.29 is 19.7 Å². The Bertz CT molecular complexity index is 2090. The van der Waals surface area contributed by atoms with Crippen molar-refractivity contribution in [3.05, 3.63) is 108 Å². The second-order valence-corrected chi connectivity index (χ2v) is 10.7. The number of carbonyl (C=O) groups is 1. The van der Waals surface area contributed by atoms with Crippen LogP contribution in [-0.2, 0) is 4.79 Å². The molecule has 5 aromatic rings. The van der Waals surface area contributed by atoms with Gasteiger partial charge in [0.25, 0.3) is 0 Å². The summed E-state index contributed by atoms with van der Waals surface area (Å²) in [5, 5.41) is 25.2. The Morgan fingerprint density at radius 2 is 1.41 bits per heavy atom. The van der Waals surface area contributed by atoms with E-state index in [0.29, 0.717) is 33.7 Å². The van der Waals surface area contributed by atoms with Crippen LogP contribution in [0.4, 0.5) is 5.69 Å². The first-order valence-electron chi connectivity index (χ1n) is 14.2. The molecule has 2 unspecified atom stereocenters. The molecular weight excluding hydrogens is 554 g/mol. The number of aliphatic hydroxyl groups excluding tert-OH is 2. The van der Waals surface area contributed by atoms with Gasteiger partial charge in [0.05, 0.1) is 29.9 Å². The largest absolute Gasteiger partial charge is 0.497 e. The molecule has 0 radical (unpaired) electrons. The Kier molecular flexibility index (Phi) is 6.81. The molecule has 44 heavy (non-hydrogen) atoms. The molecule has 2 aromatic carbocycles. The second kappa shape index (κ2) is 11.0. The van der Waals surface area contributed by atoms with Gasteiger partial charge in [0, 0.05) is 45.8 Å². The Labute approximate surface area is 252 Å². The topological polar surface area (TPSA) is 136 Å². The predicted octanol–water partition coefficient (Wildman–Crippen LogP) is 6.55. The first kappa shape index (κ1) is 27.3. The molecule has 2 atom stereocenters. The summed E-state index contributed by atoms with van der Waals surface area (Å²) < 4.78 is 5.37. The van der Waals surface area contributed by atoms with Gasteiger partial charge in [0.2, 0.25) is 5.91 Å². The fourth-order valence-corrected chi connectivity index (χ4v) is 5.67. The van der Waals surface area contributed by atoms with E-state index >= 15 is 0 Å². The van der Waals surface area contributed by atoms with Gasteiger partial charge in [-0.3, -0.25) is 9.78 Å². The molecule has 7 rings (SSSR count). The average molecular weight is 584 g/mol. The lowest BCUT2D eigenvalue weighted by Crippen LogP contribution is -2.05. The minimum atomic E-state index is -1.26. The van der Waals surface area contributed by atoms with Gasteiger partial charge in [-0.1, -0.05) is 24.3 Å². The fourth-order valence-electron chi connectivity index (χ4n) is 5.67. The van der Waals surface area contributed by atoms with E-state index in [9.17, 15) is 15.0 Å². The van der Waals surface area contributed by atoms with E-state index in [-0.39, 0.29) is 5.91 Å². The number of carbonyl (C=O) groups excluding carboxylic acids is 1. The van der Waals surface area contributed by atoms with Crippen LogP contribution in [-0.4, -0.2) is 43.2 Å². The summed E-state index contributed by atoms with van der Waals surface area (Å²) in [4.78, 5) is 28.2. The molecule has 218 valence electrons. The molecule has 1 amide bonds. The lowest BCUT2D eigenvalue weighted by molar-refractivity contribution is -0.114. The number of anilines is 1. The van der Waals surface area contributed by atoms with Crippen LogP contribution in [0, 0.1) is 0 Å². The summed E-state index contributed by atoms with van der Waals surface area (Å²) in [7, 11) is 1.64. The Balaban J connectivity index is 1.51. The Hall–Kier alpha value is -5.51. The van der Waals surface area contributed by atoms with Gasteiger partial charge in [0.1, 0.15) is 18.0 Å². The first-order valence-corrected chi connectivity index (χ1v) is 14.2. The minimum absolute atomic E-state index is 0.168. The maximum atomic E-state index is 11.6. The molecule has 2 aliphatic heterocycles. The first-order chi connectivity index (χ1) is 21.4. The molecule has 9 nitrogen and oxygen atoms in total. The normalized spacial score (nSPS) is 15.7. The van der Waals surface area contributed by atoms with Crippen molar-refractivity contribution >= 4 is 45.8 Å². The number of aliphatic hydroxyl groups is 2. The molecule has 5 N–H and O–H groups in total. The monoisotopic (exact) mass is 583 g/mol. The smallest absolute Gasteiger partial charge is 0.221 e. The standard InChI is InChI=1S/C35H29N5O4/c1-19(41)36-22-7-3-21(4-8-22)32-29-16-10-24(38-29)17-23-9-14-27(37-23)31(20-5-12-26(44-2)13-6-20)28-15-11-25(39-28)18-30-34(42)35(43)33(32)40-30/h3-18,34-35,38-39,42-43H,1-2H3,(H,36,41). The maximum Gasteiger partial charge on any atom is 0.221 e. The third kappa shape index (κ3) is 5.04. The molecule has 8 bridgehead atoms. The van der Waals surface area contributed by atoms with Crippen LogP contribution in [0.5, 0.6) is 5.75 Å². The van der Waals surface area contributed by atoms with Gasteiger partial charge in [-0.05, 0) is 83.9 Å². The highest BCUT2D eigenvalue weighted by Gasteiger charge is 2.31. The maximum absolute atomic E-state index is 11.6. The lowest BCUT2D eigenvalue weighted by Gasteiger charge is -2.12. The molecule has 3 aromatic heterocycles. The molecule has 0 fully saturated rings. The quantitative estimate of drug-likeness (QED) is 0.160. The van der Waals surface area contributed by atoms with E-state index in [2.05, 4.69) is 15.3 Å². The van der Waals surface area contributed by atoms with E-state index in [1.165, 1.54) is 6.92 Å². The summed E-state index contributed by atoms with van der Waals surface area (Å²) in [5.74, 6) is 0.590. The van der Waals surface area contributed by atoms with Crippen LogP contribution in [0.25, 0.3) is 56.5 Å². The number of H-pyrrole nitrogens is 2.